The Bertz CT molecular complexity index is 808. The van der Waals surface area contributed by atoms with E-state index in [-0.39, 0.29) is 29.2 Å². The third-order valence-electron chi connectivity index (χ3n) is 4.57. The molecule has 0 aromatic heterocycles. The zero-order chi connectivity index (χ0) is 20.1. The first-order valence-electron chi connectivity index (χ1n) is 9.05. The highest BCUT2D eigenvalue weighted by Crippen LogP contribution is 2.31. The predicted molar refractivity (Wildman–Crippen MR) is 94.9 cm³/mol. The van der Waals surface area contributed by atoms with Crippen molar-refractivity contribution in [3.8, 4) is 11.5 Å². The van der Waals surface area contributed by atoms with Gasteiger partial charge in [0.25, 0.3) is 5.91 Å². The maximum absolute atomic E-state index is 12.6. The van der Waals surface area contributed by atoms with E-state index in [1.807, 2.05) is 0 Å². The number of amides is 1. The fourth-order valence-corrected chi connectivity index (χ4v) is 3.25. The van der Waals surface area contributed by atoms with Crippen molar-refractivity contribution in [1.29, 1.82) is 0 Å². The van der Waals surface area contributed by atoms with Crippen molar-refractivity contribution < 1.29 is 32.2 Å². The average Bonchev–Trinajstić information content (AvgIpc) is 3.12. The Labute approximate surface area is 160 Å². The van der Waals surface area contributed by atoms with Crippen molar-refractivity contribution in [3.63, 3.8) is 0 Å². The lowest BCUT2D eigenvalue weighted by Gasteiger charge is -2.17. The molecule has 8 heteroatoms. The lowest BCUT2D eigenvalue weighted by molar-refractivity contribution is -0.274. The minimum Gasteiger partial charge on any atom is -0.492 e. The Morgan fingerprint density at radius 2 is 1.96 bits per heavy atom. The smallest absolute Gasteiger partial charge is 0.492 e. The monoisotopic (exact) mass is 395 g/mol. The number of nitrogens with one attached hydrogen (secondary N) is 1. The normalized spacial score (nSPS) is 17.4. The van der Waals surface area contributed by atoms with E-state index in [1.54, 1.807) is 12.2 Å². The number of ketones is 1. The van der Waals surface area contributed by atoms with Gasteiger partial charge in [-0.15, -0.1) is 13.2 Å². The Hall–Kier alpha value is -2.77. The van der Waals surface area contributed by atoms with Crippen LogP contribution >= 0.6 is 0 Å². The van der Waals surface area contributed by atoms with Gasteiger partial charge in [-0.3, -0.25) is 9.59 Å². The summed E-state index contributed by atoms with van der Waals surface area (Å²) < 4.78 is 47.2. The van der Waals surface area contributed by atoms with Gasteiger partial charge in [-0.05, 0) is 43.0 Å². The Morgan fingerprint density at radius 3 is 2.64 bits per heavy atom. The van der Waals surface area contributed by atoms with E-state index in [9.17, 15) is 22.8 Å². The van der Waals surface area contributed by atoms with Crippen molar-refractivity contribution >= 4 is 11.7 Å². The maximum atomic E-state index is 12.6. The number of hydrogen-bond acceptors (Lipinski definition) is 4. The molecule has 0 unspecified atom stereocenters. The number of benzene rings is 1. The van der Waals surface area contributed by atoms with Gasteiger partial charge in [0, 0.05) is 18.2 Å². The van der Waals surface area contributed by atoms with Crippen molar-refractivity contribution in [3.05, 3.63) is 47.7 Å². The van der Waals surface area contributed by atoms with Gasteiger partial charge in [-0.25, -0.2) is 0 Å². The van der Waals surface area contributed by atoms with Crippen molar-refractivity contribution in [2.24, 2.45) is 5.92 Å². The minimum absolute atomic E-state index is 0.0907. The van der Waals surface area contributed by atoms with Gasteiger partial charge in [0.2, 0.25) is 0 Å². The maximum Gasteiger partial charge on any atom is 0.573 e. The fourth-order valence-electron chi connectivity index (χ4n) is 3.25. The average molecular weight is 395 g/mol. The highest BCUT2D eigenvalue weighted by Gasteiger charge is 2.32. The van der Waals surface area contributed by atoms with Crippen LogP contribution in [0, 0.1) is 5.92 Å². The minimum atomic E-state index is -4.87. The molecule has 2 aliphatic carbocycles. The fraction of sp³-hybridized carbons (Fsp3) is 0.400. The molecule has 1 aromatic carbocycles. The highest BCUT2D eigenvalue weighted by atomic mass is 19.4. The van der Waals surface area contributed by atoms with Crippen LogP contribution in [0.5, 0.6) is 11.5 Å². The number of carbonyl (C=O) groups excluding carboxylic acids is 2. The number of ether oxygens (including phenoxy) is 2. The van der Waals surface area contributed by atoms with Gasteiger partial charge < -0.3 is 14.8 Å². The molecule has 1 fully saturated rings. The summed E-state index contributed by atoms with van der Waals surface area (Å²) in [5.74, 6) is -0.839. The molecule has 5 nitrogen and oxygen atoms in total. The van der Waals surface area contributed by atoms with E-state index in [1.165, 1.54) is 12.1 Å². The Kier molecular flexibility index (Phi) is 6.06. The number of halogens is 3. The second-order valence-corrected chi connectivity index (χ2v) is 6.79. The highest BCUT2D eigenvalue weighted by molar-refractivity contribution is 6.00. The molecule has 1 saturated carbocycles. The lowest BCUT2D eigenvalue weighted by atomic mass is 10.1. The zero-order valence-electron chi connectivity index (χ0n) is 15.1. The molecule has 0 aliphatic heterocycles. The van der Waals surface area contributed by atoms with E-state index in [0.29, 0.717) is 12.5 Å². The quantitative estimate of drug-likeness (QED) is 0.780. The molecular weight excluding hydrogens is 375 g/mol. The SMILES string of the molecule is O=C1C=C(NC(=O)c2cc(OC(F)(F)F)ccc2OCC2CCCC2)C=CC1. The van der Waals surface area contributed by atoms with Crippen LogP contribution in [0.4, 0.5) is 13.2 Å². The number of hydrogen-bond donors (Lipinski definition) is 1. The molecular formula is C20H20F3NO4. The third-order valence-corrected chi connectivity index (χ3v) is 4.57. The summed E-state index contributed by atoms with van der Waals surface area (Å²) in [5.41, 5.74) is 0.178. The van der Waals surface area contributed by atoms with Crippen LogP contribution in [0.3, 0.4) is 0 Å². The van der Waals surface area contributed by atoms with Gasteiger partial charge in [-0.1, -0.05) is 18.9 Å². The van der Waals surface area contributed by atoms with E-state index < -0.39 is 18.0 Å². The van der Waals surface area contributed by atoms with Gasteiger partial charge >= 0.3 is 6.36 Å². The van der Waals surface area contributed by atoms with Gasteiger partial charge in [-0.2, -0.15) is 0 Å². The van der Waals surface area contributed by atoms with Crippen LogP contribution in [0.1, 0.15) is 42.5 Å². The van der Waals surface area contributed by atoms with E-state index in [2.05, 4.69) is 10.1 Å². The lowest BCUT2D eigenvalue weighted by Crippen LogP contribution is -2.25. The number of allylic oxidation sites excluding steroid dienone is 3. The summed E-state index contributed by atoms with van der Waals surface area (Å²) >= 11 is 0. The van der Waals surface area contributed by atoms with Crippen LogP contribution in [-0.2, 0) is 4.79 Å². The first kappa shape index (κ1) is 20.0. The molecule has 0 radical (unpaired) electrons. The summed E-state index contributed by atoms with van der Waals surface area (Å²) in [6.07, 6.45) is 4.08. The molecule has 150 valence electrons. The molecule has 0 heterocycles. The molecule has 3 rings (SSSR count). The molecule has 1 amide bonds. The van der Waals surface area contributed by atoms with Gasteiger partial charge in [0.1, 0.15) is 11.5 Å². The Balaban J connectivity index is 1.80. The second kappa shape index (κ2) is 8.50. The van der Waals surface area contributed by atoms with Crippen LogP contribution in [0.2, 0.25) is 0 Å². The molecule has 0 spiro atoms. The molecule has 1 N–H and O–H groups in total. The summed E-state index contributed by atoms with van der Waals surface area (Å²) in [6.45, 7) is 0.390. The van der Waals surface area contributed by atoms with Crippen LogP contribution in [0.25, 0.3) is 0 Å². The first-order chi connectivity index (χ1) is 13.3. The largest absolute Gasteiger partial charge is 0.573 e. The van der Waals surface area contributed by atoms with E-state index in [4.69, 9.17) is 4.74 Å². The summed E-state index contributed by atoms with van der Waals surface area (Å²) in [6, 6.07) is 3.39. The second-order valence-electron chi connectivity index (χ2n) is 6.79. The molecule has 2 aliphatic rings. The third kappa shape index (κ3) is 5.61. The molecule has 0 saturated heterocycles. The number of carbonyl (C=O) groups is 2. The molecule has 28 heavy (non-hydrogen) atoms. The van der Waals surface area contributed by atoms with Gasteiger partial charge in [0.05, 0.1) is 12.2 Å². The van der Waals surface area contributed by atoms with E-state index >= 15 is 0 Å². The summed E-state index contributed by atoms with van der Waals surface area (Å²) in [7, 11) is 0. The number of rotatable bonds is 6. The van der Waals surface area contributed by atoms with Crippen molar-refractivity contribution in [1.82, 2.24) is 5.32 Å². The standard InChI is InChI=1S/C20H20F3NO4/c21-20(22,23)28-16-8-9-18(27-12-13-4-1-2-5-13)17(11-16)19(26)24-14-6-3-7-15(25)10-14/h3,6,8-11,13H,1-2,4-5,7,12H2,(H,24,26). The Morgan fingerprint density at radius 1 is 1.21 bits per heavy atom. The molecule has 0 atom stereocenters. The van der Waals surface area contributed by atoms with E-state index in [0.717, 1.165) is 37.8 Å². The summed E-state index contributed by atoms with van der Waals surface area (Å²) in [5, 5.41) is 2.52. The van der Waals surface area contributed by atoms with Crippen molar-refractivity contribution in [2.75, 3.05) is 6.61 Å². The van der Waals surface area contributed by atoms with Crippen molar-refractivity contribution in [2.45, 2.75) is 38.5 Å². The zero-order valence-corrected chi connectivity index (χ0v) is 15.1. The molecule has 0 bridgehead atoms. The topological polar surface area (TPSA) is 64.6 Å². The van der Waals surface area contributed by atoms with Crippen LogP contribution < -0.4 is 14.8 Å². The number of alkyl halides is 3. The van der Waals surface area contributed by atoms with Gasteiger partial charge in [0.15, 0.2) is 5.78 Å². The van der Waals surface area contributed by atoms with Crippen LogP contribution in [-0.4, -0.2) is 24.7 Å². The molecule has 1 aromatic rings. The van der Waals surface area contributed by atoms with Crippen LogP contribution in [0.15, 0.2) is 42.1 Å². The predicted octanol–water partition coefficient (Wildman–Crippen LogP) is 4.30. The first-order valence-corrected chi connectivity index (χ1v) is 9.05. The summed E-state index contributed by atoms with van der Waals surface area (Å²) in [4.78, 5) is 24.1.